The van der Waals surface area contributed by atoms with E-state index >= 15 is 0 Å². The van der Waals surface area contributed by atoms with E-state index in [2.05, 4.69) is 42.2 Å². The molecule has 0 bridgehead atoms. The van der Waals surface area contributed by atoms with Crippen LogP contribution in [0.25, 0.3) is 10.8 Å². The van der Waals surface area contributed by atoms with Gasteiger partial charge in [-0.2, -0.15) is 5.26 Å². The van der Waals surface area contributed by atoms with Crippen LogP contribution in [0.3, 0.4) is 0 Å². The minimum atomic E-state index is -0.667. The first-order valence-electron chi connectivity index (χ1n) is 12.1. The molecule has 5 heteroatoms. The summed E-state index contributed by atoms with van der Waals surface area (Å²) in [6.07, 6.45) is 8.37. The molecule has 2 aliphatic rings. The molecule has 1 aliphatic heterocycles. The van der Waals surface area contributed by atoms with Gasteiger partial charge in [-0.15, -0.1) is 0 Å². The van der Waals surface area contributed by atoms with Gasteiger partial charge in [0.2, 0.25) is 0 Å². The molecular formula is C27H34N2O3. The maximum Gasteiger partial charge on any atom is 0.306 e. The minimum absolute atomic E-state index is 0.194. The molecule has 0 unspecified atom stereocenters. The van der Waals surface area contributed by atoms with Gasteiger partial charge in [-0.05, 0) is 87.0 Å². The summed E-state index contributed by atoms with van der Waals surface area (Å²) < 4.78 is 6.32. The first kappa shape index (κ1) is 22.6. The number of rotatable bonds is 7. The van der Waals surface area contributed by atoms with Crippen molar-refractivity contribution in [3.05, 3.63) is 41.5 Å². The molecule has 2 aromatic rings. The number of carboxylic acid groups (broad SMARTS) is 1. The lowest BCUT2D eigenvalue weighted by Crippen LogP contribution is -2.37. The molecule has 5 nitrogen and oxygen atoms in total. The third-order valence-electron chi connectivity index (χ3n) is 7.48. The predicted octanol–water partition coefficient (Wildman–Crippen LogP) is 5.40. The third kappa shape index (κ3) is 5.24. The van der Waals surface area contributed by atoms with Crippen molar-refractivity contribution in [1.82, 2.24) is 4.90 Å². The molecule has 4 rings (SSSR count). The van der Waals surface area contributed by atoms with E-state index in [0.717, 1.165) is 68.4 Å². The molecule has 1 N–H and O–H groups in total. The van der Waals surface area contributed by atoms with Crippen LogP contribution in [-0.4, -0.2) is 41.7 Å². The van der Waals surface area contributed by atoms with E-state index in [1.165, 1.54) is 24.8 Å². The van der Waals surface area contributed by atoms with Gasteiger partial charge in [0.05, 0.1) is 12.0 Å². The summed E-state index contributed by atoms with van der Waals surface area (Å²) in [5.74, 6) is 0.674. The number of ether oxygens (including phenoxy) is 1. The number of carboxylic acids is 1. The number of nitriles is 1. The number of aliphatic carboxylic acids is 1. The van der Waals surface area contributed by atoms with E-state index in [9.17, 15) is 15.2 Å². The number of benzene rings is 2. The standard InChI is InChI=1S/C27H34N2O3/c1-2-19-4-8-23(9-5-19)32-26-10-7-21-6-3-20(17-24(21)25(26)18-28)11-14-29-15-12-22(13-16-29)27(30)31/h3,6-7,10,17,19,22-23H,2,4-5,8-9,11-16H2,1H3,(H,30,31). The van der Waals surface area contributed by atoms with Crippen LogP contribution in [0.15, 0.2) is 30.3 Å². The largest absolute Gasteiger partial charge is 0.489 e. The predicted molar refractivity (Wildman–Crippen MR) is 126 cm³/mol. The Hall–Kier alpha value is -2.58. The molecule has 1 heterocycles. The van der Waals surface area contributed by atoms with Gasteiger partial charge in [-0.1, -0.05) is 31.5 Å². The van der Waals surface area contributed by atoms with Crippen molar-refractivity contribution in [1.29, 1.82) is 5.26 Å². The lowest BCUT2D eigenvalue weighted by Gasteiger charge is -2.30. The van der Waals surface area contributed by atoms with Crippen LogP contribution in [-0.2, 0) is 11.2 Å². The number of piperidine rings is 1. The fourth-order valence-corrected chi connectivity index (χ4v) is 5.24. The van der Waals surface area contributed by atoms with Crippen molar-refractivity contribution in [3.8, 4) is 11.8 Å². The second kappa shape index (κ2) is 10.4. The van der Waals surface area contributed by atoms with Gasteiger partial charge in [0.25, 0.3) is 0 Å². The molecule has 0 amide bonds. The second-order valence-electron chi connectivity index (χ2n) is 9.48. The van der Waals surface area contributed by atoms with Crippen LogP contribution < -0.4 is 4.74 Å². The van der Waals surface area contributed by atoms with Gasteiger partial charge in [0.15, 0.2) is 0 Å². The summed E-state index contributed by atoms with van der Waals surface area (Å²) >= 11 is 0. The average Bonchev–Trinajstić information content (AvgIpc) is 2.83. The molecule has 170 valence electrons. The fraction of sp³-hybridized carbons (Fsp3) is 0.556. The molecule has 1 saturated carbocycles. The Bertz CT molecular complexity index is 980. The molecule has 0 spiro atoms. The molecule has 0 aromatic heterocycles. The van der Waals surface area contributed by atoms with E-state index in [0.29, 0.717) is 11.3 Å². The Kier molecular flexibility index (Phi) is 7.32. The number of carbonyl (C=O) groups is 1. The molecule has 1 aliphatic carbocycles. The van der Waals surface area contributed by atoms with E-state index in [1.807, 2.05) is 6.07 Å². The maximum atomic E-state index is 11.2. The molecular weight excluding hydrogens is 400 g/mol. The maximum absolute atomic E-state index is 11.2. The topological polar surface area (TPSA) is 73.6 Å². The summed E-state index contributed by atoms with van der Waals surface area (Å²) in [5, 5.41) is 21.1. The Labute approximate surface area is 191 Å². The molecule has 32 heavy (non-hydrogen) atoms. The normalized spacial score (nSPS) is 22.5. The summed E-state index contributed by atoms with van der Waals surface area (Å²) in [5.41, 5.74) is 1.85. The van der Waals surface area contributed by atoms with Crippen LogP contribution in [0.5, 0.6) is 5.75 Å². The highest BCUT2D eigenvalue weighted by atomic mass is 16.5. The third-order valence-corrected chi connectivity index (χ3v) is 7.48. The fourth-order valence-electron chi connectivity index (χ4n) is 5.24. The average molecular weight is 435 g/mol. The van der Waals surface area contributed by atoms with Gasteiger partial charge < -0.3 is 14.7 Å². The van der Waals surface area contributed by atoms with Crippen molar-refractivity contribution in [2.45, 2.75) is 64.4 Å². The van der Waals surface area contributed by atoms with E-state index in [4.69, 9.17) is 4.74 Å². The Morgan fingerprint density at radius 2 is 1.84 bits per heavy atom. The van der Waals surface area contributed by atoms with Crippen LogP contribution >= 0.6 is 0 Å². The highest BCUT2D eigenvalue weighted by molar-refractivity contribution is 5.90. The number of hydrogen-bond acceptors (Lipinski definition) is 4. The number of likely N-dealkylation sites (tertiary alicyclic amines) is 1. The zero-order valence-electron chi connectivity index (χ0n) is 19.1. The van der Waals surface area contributed by atoms with Crippen molar-refractivity contribution in [3.63, 3.8) is 0 Å². The van der Waals surface area contributed by atoms with Crippen LogP contribution in [0.2, 0.25) is 0 Å². The summed E-state index contributed by atoms with van der Waals surface area (Å²) in [6, 6.07) is 12.8. The summed E-state index contributed by atoms with van der Waals surface area (Å²) in [4.78, 5) is 13.5. The lowest BCUT2D eigenvalue weighted by molar-refractivity contribution is -0.143. The minimum Gasteiger partial charge on any atom is -0.489 e. The molecule has 1 saturated heterocycles. The van der Waals surface area contributed by atoms with Crippen LogP contribution in [0.4, 0.5) is 0 Å². The first-order chi connectivity index (χ1) is 15.6. The zero-order chi connectivity index (χ0) is 22.5. The van der Waals surface area contributed by atoms with Crippen molar-refractivity contribution >= 4 is 16.7 Å². The Balaban J connectivity index is 1.43. The van der Waals surface area contributed by atoms with E-state index < -0.39 is 5.97 Å². The van der Waals surface area contributed by atoms with Gasteiger partial charge >= 0.3 is 5.97 Å². The smallest absolute Gasteiger partial charge is 0.306 e. The summed E-state index contributed by atoms with van der Waals surface area (Å²) in [7, 11) is 0. The van der Waals surface area contributed by atoms with Crippen molar-refractivity contribution in [2.24, 2.45) is 11.8 Å². The van der Waals surface area contributed by atoms with E-state index in [1.54, 1.807) is 0 Å². The molecule has 2 fully saturated rings. The monoisotopic (exact) mass is 434 g/mol. The lowest BCUT2D eigenvalue weighted by atomic mass is 9.86. The number of hydrogen-bond donors (Lipinski definition) is 1. The molecule has 0 radical (unpaired) electrons. The Morgan fingerprint density at radius 1 is 1.12 bits per heavy atom. The van der Waals surface area contributed by atoms with Gasteiger partial charge in [0.1, 0.15) is 17.4 Å². The van der Waals surface area contributed by atoms with Crippen molar-refractivity contribution < 1.29 is 14.6 Å². The van der Waals surface area contributed by atoms with Crippen LogP contribution in [0.1, 0.15) is 63.0 Å². The second-order valence-corrected chi connectivity index (χ2v) is 9.48. The molecule has 0 atom stereocenters. The molecule has 2 aromatic carbocycles. The quantitative estimate of drug-likeness (QED) is 0.632. The van der Waals surface area contributed by atoms with Gasteiger partial charge in [-0.3, -0.25) is 4.79 Å². The highest BCUT2D eigenvalue weighted by Gasteiger charge is 2.24. The number of nitrogens with zero attached hydrogens (tertiary/aromatic N) is 2. The number of fused-ring (bicyclic) bond motifs is 1. The Morgan fingerprint density at radius 3 is 2.50 bits per heavy atom. The summed E-state index contributed by atoms with van der Waals surface area (Å²) in [6.45, 7) is 4.85. The first-order valence-corrected chi connectivity index (χ1v) is 12.1. The van der Waals surface area contributed by atoms with Gasteiger partial charge in [-0.25, -0.2) is 0 Å². The zero-order valence-corrected chi connectivity index (χ0v) is 19.1. The van der Waals surface area contributed by atoms with E-state index in [-0.39, 0.29) is 12.0 Å². The van der Waals surface area contributed by atoms with Crippen molar-refractivity contribution in [2.75, 3.05) is 19.6 Å². The van der Waals surface area contributed by atoms with Crippen LogP contribution in [0, 0.1) is 23.2 Å². The highest BCUT2D eigenvalue weighted by Crippen LogP contribution is 2.33. The SMILES string of the molecule is CCC1CCC(Oc2ccc3ccc(CCN4CCC(C(=O)O)CC4)cc3c2C#N)CC1. The van der Waals surface area contributed by atoms with Gasteiger partial charge in [0, 0.05) is 11.9 Å².